The van der Waals surface area contributed by atoms with Crippen LogP contribution in [0.25, 0.3) is 11.4 Å². The van der Waals surface area contributed by atoms with Crippen LogP contribution in [0.2, 0.25) is 0 Å². The molecule has 2 rings (SSSR count). The van der Waals surface area contributed by atoms with E-state index in [1.807, 2.05) is 13.0 Å². The summed E-state index contributed by atoms with van der Waals surface area (Å²) in [7, 11) is 3.17. The average Bonchev–Trinajstić information content (AvgIpc) is 2.95. The van der Waals surface area contributed by atoms with Crippen molar-refractivity contribution in [3.05, 3.63) is 24.1 Å². The number of nitrogens with zero attached hydrogens (tertiary/aromatic N) is 2. The van der Waals surface area contributed by atoms with Gasteiger partial charge in [0.25, 0.3) is 0 Å². The number of benzene rings is 1. The first-order chi connectivity index (χ1) is 9.19. The highest BCUT2D eigenvalue weighted by Crippen LogP contribution is 2.31. The fourth-order valence-electron chi connectivity index (χ4n) is 1.63. The minimum Gasteiger partial charge on any atom is -0.493 e. The van der Waals surface area contributed by atoms with Crippen LogP contribution in [0, 0.1) is 0 Å². The van der Waals surface area contributed by atoms with Crippen molar-refractivity contribution in [2.45, 2.75) is 12.8 Å². The Hall–Kier alpha value is -2.08. The lowest BCUT2D eigenvalue weighted by Crippen LogP contribution is -2.08. The van der Waals surface area contributed by atoms with Gasteiger partial charge in [-0.05, 0) is 18.2 Å². The molecule has 0 radical (unpaired) electrons. The predicted octanol–water partition coefficient (Wildman–Crippen LogP) is 1.82. The van der Waals surface area contributed by atoms with E-state index in [0.717, 1.165) is 5.56 Å². The average molecular weight is 263 g/mol. The van der Waals surface area contributed by atoms with Gasteiger partial charge in [-0.1, -0.05) is 12.1 Å². The van der Waals surface area contributed by atoms with E-state index in [2.05, 4.69) is 10.1 Å². The summed E-state index contributed by atoms with van der Waals surface area (Å²) in [5.41, 5.74) is 6.37. The quantitative estimate of drug-likeness (QED) is 0.885. The van der Waals surface area contributed by atoms with Gasteiger partial charge in [0.2, 0.25) is 11.7 Å². The first-order valence-electron chi connectivity index (χ1n) is 5.95. The summed E-state index contributed by atoms with van der Waals surface area (Å²) in [4.78, 5) is 4.33. The van der Waals surface area contributed by atoms with Crippen LogP contribution in [0.15, 0.2) is 22.7 Å². The van der Waals surface area contributed by atoms with E-state index >= 15 is 0 Å². The second-order valence-corrected chi connectivity index (χ2v) is 4.16. The van der Waals surface area contributed by atoms with E-state index in [0.29, 0.717) is 29.8 Å². The van der Waals surface area contributed by atoms with Crippen molar-refractivity contribution >= 4 is 0 Å². The third-order valence-corrected chi connectivity index (χ3v) is 2.86. The van der Waals surface area contributed by atoms with Gasteiger partial charge in [0, 0.05) is 18.0 Å². The molecule has 0 aliphatic carbocycles. The maximum Gasteiger partial charge on any atom is 0.231 e. The molecule has 0 spiro atoms. The van der Waals surface area contributed by atoms with Gasteiger partial charge in [0.1, 0.15) is 0 Å². The molecule has 2 aromatic rings. The minimum atomic E-state index is 0.0430. The lowest BCUT2D eigenvalue weighted by Gasteiger charge is -2.07. The molecule has 2 N–H and O–H groups in total. The Kier molecular flexibility index (Phi) is 4.01. The molecule has 102 valence electrons. The molecule has 1 aromatic heterocycles. The molecule has 19 heavy (non-hydrogen) atoms. The number of hydrogen-bond acceptors (Lipinski definition) is 6. The van der Waals surface area contributed by atoms with Crippen molar-refractivity contribution in [1.29, 1.82) is 0 Å². The summed E-state index contributed by atoms with van der Waals surface area (Å²) in [6.45, 7) is 2.40. The third-order valence-electron chi connectivity index (χ3n) is 2.86. The summed E-state index contributed by atoms with van der Waals surface area (Å²) in [6, 6.07) is 5.46. The summed E-state index contributed by atoms with van der Waals surface area (Å²) in [6.07, 6.45) is 0. The Morgan fingerprint density at radius 2 is 2.00 bits per heavy atom. The van der Waals surface area contributed by atoms with Crippen molar-refractivity contribution in [3.8, 4) is 22.9 Å². The normalized spacial score (nSPS) is 12.2. The van der Waals surface area contributed by atoms with E-state index in [1.165, 1.54) is 0 Å². The van der Waals surface area contributed by atoms with Crippen LogP contribution in [0.4, 0.5) is 0 Å². The zero-order chi connectivity index (χ0) is 13.8. The van der Waals surface area contributed by atoms with Crippen LogP contribution >= 0.6 is 0 Å². The van der Waals surface area contributed by atoms with Crippen molar-refractivity contribution < 1.29 is 14.0 Å². The standard InChI is InChI=1S/C13H17N3O3/c1-8(7-14)13-15-12(16-19-13)9-4-5-10(17-2)11(6-9)18-3/h4-6,8H,7,14H2,1-3H3. The van der Waals surface area contributed by atoms with E-state index in [1.54, 1.807) is 26.4 Å². The molecule has 6 heteroatoms. The second-order valence-electron chi connectivity index (χ2n) is 4.16. The number of ether oxygens (including phenoxy) is 2. The number of nitrogens with two attached hydrogens (primary N) is 1. The summed E-state index contributed by atoms with van der Waals surface area (Å²) < 4.78 is 15.6. The molecule has 0 saturated carbocycles. The molecule has 1 atom stereocenters. The first kappa shape index (κ1) is 13.4. The van der Waals surface area contributed by atoms with Crippen LogP contribution in [-0.2, 0) is 0 Å². The fraction of sp³-hybridized carbons (Fsp3) is 0.385. The maximum atomic E-state index is 5.57. The zero-order valence-corrected chi connectivity index (χ0v) is 11.2. The summed E-state index contributed by atoms with van der Waals surface area (Å²) in [5.74, 6) is 2.37. The van der Waals surface area contributed by atoms with E-state index in [9.17, 15) is 0 Å². The Morgan fingerprint density at radius 3 is 2.63 bits per heavy atom. The number of rotatable bonds is 5. The Bertz CT molecular complexity index is 554. The smallest absolute Gasteiger partial charge is 0.231 e. The molecule has 0 aliphatic heterocycles. The molecular weight excluding hydrogens is 246 g/mol. The van der Waals surface area contributed by atoms with Gasteiger partial charge in [-0.2, -0.15) is 4.98 Å². The number of hydrogen-bond donors (Lipinski definition) is 1. The number of aromatic nitrogens is 2. The molecule has 0 bridgehead atoms. The molecule has 0 fully saturated rings. The molecule has 1 aromatic carbocycles. The molecule has 0 aliphatic rings. The molecule has 6 nitrogen and oxygen atoms in total. The Balaban J connectivity index is 2.34. The van der Waals surface area contributed by atoms with Crippen molar-refractivity contribution in [3.63, 3.8) is 0 Å². The van der Waals surface area contributed by atoms with Crippen molar-refractivity contribution in [1.82, 2.24) is 10.1 Å². The van der Waals surface area contributed by atoms with Crippen LogP contribution in [0.5, 0.6) is 11.5 Å². The fourth-order valence-corrected chi connectivity index (χ4v) is 1.63. The van der Waals surface area contributed by atoms with Gasteiger partial charge in [0.05, 0.1) is 14.2 Å². The van der Waals surface area contributed by atoms with Crippen LogP contribution < -0.4 is 15.2 Å². The van der Waals surface area contributed by atoms with E-state index < -0.39 is 0 Å². The molecule has 0 saturated heterocycles. The van der Waals surface area contributed by atoms with Crippen molar-refractivity contribution in [2.24, 2.45) is 5.73 Å². The van der Waals surface area contributed by atoms with Gasteiger partial charge in [-0.3, -0.25) is 0 Å². The highest BCUT2D eigenvalue weighted by atomic mass is 16.5. The highest BCUT2D eigenvalue weighted by molar-refractivity contribution is 5.60. The molecule has 1 unspecified atom stereocenters. The van der Waals surface area contributed by atoms with Crippen molar-refractivity contribution in [2.75, 3.05) is 20.8 Å². The van der Waals surface area contributed by atoms with Crippen LogP contribution in [0.1, 0.15) is 18.7 Å². The maximum absolute atomic E-state index is 5.57. The SMILES string of the molecule is COc1ccc(-c2noc(C(C)CN)n2)cc1OC. The lowest BCUT2D eigenvalue weighted by molar-refractivity contribution is 0.354. The van der Waals surface area contributed by atoms with Gasteiger partial charge >= 0.3 is 0 Å². The first-order valence-corrected chi connectivity index (χ1v) is 5.95. The van der Waals surface area contributed by atoms with Gasteiger partial charge in [-0.15, -0.1) is 0 Å². The Labute approximate surface area is 111 Å². The van der Waals surface area contributed by atoms with Crippen LogP contribution in [-0.4, -0.2) is 30.9 Å². The second kappa shape index (κ2) is 5.71. The van der Waals surface area contributed by atoms with Gasteiger partial charge in [0.15, 0.2) is 11.5 Å². The summed E-state index contributed by atoms with van der Waals surface area (Å²) in [5, 5.41) is 3.95. The molecule has 1 heterocycles. The number of methoxy groups -OCH3 is 2. The zero-order valence-electron chi connectivity index (χ0n) is 11.2. The predicted molar refractivity (Wildman–Crippen MR) is 70.3 cm³/mol. The van der Waals surface area contributed by atoms with E-state index in [4.69, 9.17) is 19.7 Å². The highest BCUT2D eigenvalue weighted by Gasteiger charge is 2.15. The minimum absolute atomic E-state index is 0.0430. The summed E-state index contributed by atoms with van der Waals surface area (Å²) >= 11 is 0. The molecular formula is C13H17N3O3. The van der Waals surface area contributed by atoms with E-state index in [-0.39, 0.29) is 5.92 Å². The molecule has 0 amide bonds. The Morgan fingerprint density at radius 1 is 1.26 bits per heavy atom. The van der Waals surface area contributed by atoms with Gasteiger partial charge in [-0.25, -0.2) is 0 Å². The largest absolute Gasteiger partial charge is 0.493 e. The topological polar surface area (TPSA) is 83.4 Å². The third kappa shape index (κ3) is 2.68. The lowest BCUT2D eigenvalue weighted by atomic mass is 10.1. The van der Waals surface area contributed by atoms with Gasteiger partial charge < -0.3 is 19.7 Å². The van der Waals surface area contributed by atoms with Crippen LogP contribution in [0.3, 0.4) is 0 Å². The monoisotopic (exact) mass is 263 g/mol.